The Morgan fingerprint density at radius 2 is 1.83 bits per heavy atom. The molecule has 0 heterocycles. The molecule has 2 aromatic carbocycles. The Morgan fingerprint density at radius 3 is 2.46 bits per heavy atom. The summed E-state index contributed by atoms with van der Waals surface area (Å²) in [5, 5.41) is 16.1. The zero-order valence-electron chi connectivity index (χ0n) is 13.1. The summed E-state index contributed by atoms with van der Waals surface area (Å²) in [7, 11) is 0. The predicted octanol–water partition coefficient (Wildman–Crippen LogP) is 2.80. The lowest BCUT2D eigenvalue weighted by atomic mass is 10.1. The van der Waals surface area contributed by atoms with Gasteiger partial charge in [0.15, 0.2) is 0 Å². The van der Waals surface area contributed by atoms with Crippen molar-refractivity contribution in [2.45, 2.75) is 19.4 Å². The topological polar surface area (TPSA) is 101 Å². The van der Waals surface area contributed by atoms with Crippen molar-refractivity contribution in [3.63, 3.8) is 0 Å². The van der Waals surface area contributed by atoms with E-state index in [0.717, 1.165) is 0 Å². The molecular weight excluding hydrogens is 310 g/mol. The number of carbonyl (C=O) groups excluding carboxylic acids is 2. The Bertz CT molecular complexity index is 747. The van der Waals surface area contributed by atoms with Gasteiger partial charge in [0, 0.05) is 24.2 Å². The highest BCUT2D eigenvalue weighted by Gasteiger charge is 2.22. The van der Waals surface area contributed by atoms with E-state index in [1.165, 1.54) is 18.2 Å². The Hall–Kier alpha value is -3.22. The number of nitro benzene ring substituents is 1. The smallest absolute Gasteiger partial charge is 0.271 e. The van der Waals surface area contributed by atoms with Gasteiger partial charge in [-0.2, -0.15) is 0 Å². The van der Waals surface area contributed by atoms with Gasteiger partial charge in [-0.15, -0.1) is 0 Å². The van der Waals surface area contributed by atoms with Crippen LogP contribution < -0.4 is 10.6 Å². The van der Waals surface area contributed by atoms with Crippen molar-refractivity contribution in [3.05, 3.63) is 70.3 Å². The molecule has 24 heavy (non-hydrogen) atoms. The predicted molar refractivity (Wildman–Crippen MR) is 89.3 cm³/mol. The molecule has 124 valence electrons. The fourth-order valence-electron chi connectivity index (χ4n) is 2.12. The third kappa shape index (κ3) is 4.39. The summed E-state index contributed by atoms with van der Waals surface area (Å²) in [5.41, 5.74) is 0.796. The minimum Gasteiger partial charge on any atom is -0.341 e. The second kappa shape index (κ2) is 7.87. The average Bonchev–Trinajstić information content (AvgIpc) is 2.60. The van der Waals surface area contributed by atoms with Gasteiger partial charge in [-0.3, -0.25) is 19.7 Å². The number of hydrogen-bond donors (Lipinski definition) is 2. The minimum absolute atomic E-state index is 0.123. The number of nitro groups is 1. The lowest BCUT2D eigenvalue weighted by Gasteiger charge is -2.18. The second-order valence-electron chi connectivity index (χ2n) is 5.06. The molecule has 0 saturated carbocycles. The number of nitrogens with zero attached hydrogens (tertiary/aromatic N) is 1. The van der Waals surface area contributed by atoms with Crippen LogP contribution in [0.15, 0.2) is 54.6 Å². The molecule has 0 aliphatic carbocycles. The summed E-state index contributed by atoms with van der Waals surface area (Å²) in [5.74, 6) is -0.735. The largest absolute Gasteiger partial charge is 0.341 e. The average molecular weight is 327 g/mol. The van der Waals surface area contributed by atoms with E-state index in [4.69, 9.17) is 0 Å². The van der Waals surface area contributed by atoms with Crippen molar-refractivity contribution in [2.75, 3.05) is 5.32 Å². The van der Waals surface area contributed by atoms with Crippen LogP contribution in [0.1, 0.15) is 24.9 Å². The Balaban J connectivity index is 2.23. The molecule has 2 aromatic rings. The molecule has 0 aliphatic rings. The molecular formula is C17H17N3O4. The zero-order valence-corrected chi connectivity index (χ0v) is 13.1. The van der Waals surface area contributed by atoms with Crippen LogP contribution in [0.25, 0.3) is 0 Å². The zero-order chi connectivity index (χ0) is 17.5. The van der Waals surface area contributed by atoms with Gasteiger partial charge >= 0.3 is 0 Å². The number of benzene rings is 2. The van der Waals surface area contributed by atoms with Crippen LogP contribution in [0.2, 0.25) is 0 Å². The van der Waals surface area contributed by atoms with E-state index in [1.807, 2.05) is 0 Å². The number of anilines is 1. The number of rotatable bonds is 6. The van der Waals surface area contributed by atoms with Gasteiger partial charge in [-0.05, 0) is 11.6 Å². The number of amides is 2. The van der Waals surface area contributed by atoms with Crippen LogP contribution in [0, 0.1) is 10.1 Å². The van der Waals surface area contributed by atoms with Gasteiger partial charge in [0.2, 0.25) is 5.91 Å². The number of hydrogen-bond acceptors (Lipinski definition) is 4. The molecule has 7 nitrogen and oxygen atoms in total. The quantitative estimate of drug-likeness (QED) is 0.629. The van der Waals surface area contributed by atoms with Crippen LogP contribution in [-0.4, -0.2) is 16.7 Å². The van der Waals surface area contributed by atoms with Crippen LogP contribution in [0.3, 0.4) is 0 Å². The van der Waals surface area contributed by atoms with Crippen LogP contribution in [-0.2, 0) is 9.59 Å². The first kappa shape index (κ1) is 17.1. The second-order valence-corrected chi connectivity index (χ2v) is 5.06. The number of nitrogens with one attached hydrogen (secondary N) is 2. The van der Waals surface area contributed by atoms with Gasteiger partial charge < -0.3 is 10.6 Å². The van der Waals surface area contributed by atoms with E-state index in [1.54, 1.807) is 43.3 Å². The summed E-state index contributed by atoms with van der Waals surface area (Å²) < 4.78 is 0. The molecule has 2 rings (SSSR count). The Kier molecular flexibility index (Phi) is 5.62. The third-order valence-electron chi connectivity index (χ3n) is 3.35. The standard InChI is InChI=1S/C17H17N3O4/c1-2-15(21)19-16(12-7-4-3-5-8-12)17(22)18-13-9-6-10-14(11-13)20(23)24/h3-11,16H,2H2,1H3,(H,18,22)(H,19,21)/t16-/m1/s1. The van der Waals surface area contributed by atoms with Gasteiger partial charge in [0.1, 0.15) is 6.04 Å². The minimum atomic E-state index is -0.877. The van der Waals surface area contributed by atoms with E-state index in [0.29, 0.717) is 11.3 Å². The maximum atomic E-state index is 12.5. The van der Waals surface area contributed by atoms with Crippen LogP contribution in [0.5, 0.6) is 0 Å². The van der Waals surface area contributed by atoms with Gasteiger partial charge in [0.25, 0.3) is 11.6 Å². The summed E-state index contributed by atoms with van der Waals surface area (Å²) in [6.07, 6.45) is 0.243. The Morgan fingerprint density at radius 1 is 1.12 bits per heavy atom. The van der Waals surface area contributed by atoms with Crippen molar-refractivity contribution < 1.29 is 14.5 Å². The molecule has 0 bridgehead atoms. The van der Waals surface area contributed by atoms with Crippen molar-refractivity contribution in [1.82, 2.24) is 5.32 Å². The first-order valence-electron chi connectivity index (χ1n) is 7.41. The van der Waals surface area contributed by atoms with Gasteiger partial charge in [0.05, 0.1) is 4.92 Å². The van der Waals surface area contributed by atoms with E-state index < -0.39 is 16.9 Å². The lowest BCUT2D eigenvalue weighted by molar-refractivity contribution is -0.384. The molecule has 0 saturated heterocycles. The molecule has 0 unspecified atom stereocenters. The maximum Gasteiger partial charge on any atom is 0.271 e. The molecule has 0 aromatic heterocycles. The fourth-order valence-corrected chi connectivity index (χ4v) is 2.12. The molecule has 0 aliphatic heterocycles. The first-order valence-corrected chi connectivity index (χ1v) is 7.41. The van der Waals surface area contributed by atoms with Gasteiger partial charge in [-0.25, -0.2) is 0 Å². The van der Waals surface area contributed by atoms with Crippen LogP contribution in [0.4, 0.5) is 11.4 Å². The molecule has 2 N–H and O–H groups in total. The molecule has 2 amide bonds. The summed E-state index contributed by atoms with van der Waals surface area (Å²) in [6, 6.07) is 13.6. The van der Waals surface area contributed by atoms with E-state index >= 15 is 0 Å². The third-order valence-corrected chi connectivity index (χ3v) is 3.35. The monoisotopic (exact) mass is 327 g/mol. The molecule has 7 heteroatoms. The SMILES string of the molecule is CCC(=O)N[C@@H](C(=O)Nc1cccc([N+](=O)[O-])c1)c1ccccc1. The molecule has 0 fully saturated rings. The molecule has 0 spiro atoms. The van der Waals surface area contributed by atoms with E-state index in [9.17, 15) is 19.7 Å². The highest BCUT2D eigenvalue weighted by molar-refractivity contribution is 5.98. The highest BCUT2D eigenvalue weighted by atomic mass is 16.6. The Labute approximate surface area is 138 Å². The molecule has 0 radical (unpaired) electrons. The van der Waals surface area contributed by atoms with E-state index in [2.05, 4.69) is 10.6 Å². The fraction of sp³-hybridized carbons (Fsp3) is 0.176. The highest BCUT2D eigenvalue weighted by Crippen LogP contribution is 2.20. The summed E-state index contributed by atoms with van der Waals surface area (Å²) in [6.45, 7) is 1.69. The maximum absolute atomic E-state index is 12.5. The summed E-state index contributed by atoms with van der Waals surface area (Å²) >= 11 is 0. The lowest BCUT2D eigenvalue weighted by Crippen LogP contribution is -2.36. The first-order chi connectivity index (χ1) is 11.5. The van der Waals surface area contributed by atoms with Crippen molar-refractivity contribution >= 4 is 23.2 Å². The molecule has 1 atom stereocenters. The van der Waals surface area contributed by atoms with E-state index in [-0.39, 0.29) is 18.0 Å². The number of non-ortho nitro benzene ring substituents is 1. The van der Waals surface area contributed by atoms with Crippen molar-refractivity contribution in [1.29, 1.82) is 0 Å². The number of carbonyl (C=O) groups is 2. The van der Waals surface area contributed by atoms with Crippen LogP contribution >= 0.6 is 0 Å². The van der Waals surface area contributed by atoms with Gasteiger partial charge in [-0.1, -0.05) is 43.3 Å². The normalized spacial score (nSPS) is 11.4. The van der Waals surface area contributed by atoms with Crippen molar-refractivity contribution in [2.24, 2.45) is 0 Å². The van der Waals surface area contributed by atoms with Crippen molar-refractivity contribution in [3.8, 4) is 0 Å². The summed E-state index contributed by atoms with van der Waals surface area (Å²) in [4.78, 5) is 34.5.